The Balaban J connectivity index is 1.81. The standard InChI is InChI=1S/C15H19NO3S/c1-2-19-12-9-11(10-12)16-15(18)14-7-6-13(20-14)5-3-4-8-17/h6-7,11-12,17H,2,4,8-10H2,1H3,(H,16,18). The highest BCUT2D eigenvalue weighted by Gasteiger charge is 2.31. The highest BCUT2D eigenvalue weighted by atomic mass is 32.1. The summed E-state index contributed by atoms with van der Waals surface area (Å²) < 4.78 is 5.47. The van der Waals surface area contributed by atoms with Gasteiger partial charge in [-0.1, -0.05) is 11.8 Å². The normalized spacial score (nSPS) is 20.7. The van der Waals surface area contributed by atoms with Crippen molar-refractivity contribution in [2.75, 3.05) is 13.2 Å². The molecule has 1 aromatic rings. The molecule has 2 N–H and O–H groups in total. The van der Waals surface area contributed by atoms with Gasteiger partial charge >= 0.3 is 0 Å². The fourth-order valence-electron chi connectivity index (χ4n) is 2.04. The molecular weight excluding hydrogens is 274 g/mol. The van der Waals surface area contributed by atoms with Gasteiger partial charge in [-0.25, -0.2) is 0 Å². The van der Waals surface area contributed by atoms with Gasteiger partial charge in [-0.15, -0.1) is 11.3 Å². The molecule has 1 aromatic heterocycles. The molecule has 0 unspecified atom stereocenters. The lowest BCUT2D eigenvalue weighted by molar-refractivity contribution is -0.00858. The second-order valence-electron chi connectivity index (χ2n) is 4.66. The molecule has 4 nitrogen and oxygen atoms in total. The molecule has 0 saturated heterocycles. The quantitative estimate of drug-likeness (QED) is 0.814. The number of aliphatic hydroxyl groups excluding tert-OH is 1. The molecule has 5 heteroatoms. The van der Waals surface area contributed by atoms with Crippen molar-refractivity contribution < 1.29 is 14.6 Å². The second-order valence-corrected chi connectivity index (χ2v) is 5.74. The molecule has 108 valence electrons. The van der Waals surface area contributed by atoms with Gasteiger partial charge in [0.1, 0.15) is 0 Å². The van der Waals surface area contributed by atoms with Crippen LogP contribution in [-0.2, 0) is 4.74 Å². The van der Waals surface area contributed by atoms with Crippen LogP contribution >= 0.6 is 11.3 Å². The maximum Gasteiger partial charge on any atom is 0.261 e. The van der Waals surface area contributed by atoms with E-state index in [2.05, 4.69) is 17.2 Å². The Morgan fingerprint density at radius 3 is 3.05 bits per heavy atom. The van der Waals surface area contributed by atoms with Crippen LogP contribution in [0.4, 0.5) is 0 Å². The van der Waals surface area contributed by atoms with E-state index in [-0.39, 0.29) is 18.6 Å². The monoisotopic (exact) mass is 293 g/mol. The highest BCUT2D eigenvalue weighted by molar-refractivity contribution is 7.14. The number of carbonyl (C=O) groups is 1. The molecule has 1 aliphatic rings. The summed E-state index contributed by atoms with van der Waals surface area (Å²) in [6, 6.07) is 3.86. The summed E-state index contributed by atoms with van der Waals surface area (Å²) in [5, 5.41) is 11.7. The van der Waals surface area contributed by atoms with Crippen LogP contribution in [0.5, 0.6) is 0 Å². The number of aliphatic hydroxyl groups is 1. The van der Waals surface area contributed by atoms with Gasteiger partial charge in [0, 0.05) is 19.1 Å². The van der Waals surface area contributed by atoms with E-state index in [0.29, 0.717) is 17.4 Å². The minimum atomic E-state index is -0.0369. The average molecular weight is 293 g/mol. The third-order valence-electron chi connectivity index (χ3n) is 3.11. The van der Waals surface area contributed by atoms with Gasteiger partial charge in [0.25, 0.3) is 5.91 Å². The Morgan fingerprint density at radius 1 is 1.55 bits per heavy atom. The van der Waals surface area contributed by atoms with Crippen LogP contribution in [0.15, 0.2) is 12.1 Å². The van der Waals surface area contributed by atoms with Crippen LogP contribution < -0.4 is 5.32 Å². The fourth-order valence-corrected chi connectivity index (χ4v) is 2.83. The number of hydrogen-bond donors (Lipinski definition) is 2. The van der Waals surface area contributed by atoms with Crippen LogP contribution in [0, 0.1) is 11.8 Å². The fraction of sp³-hybridized carbons (Fsp3) is 0.533. The SMILES string of the molecule is CCOC1CC(NC(=O)c2ccc(C#CCCO)s2)C1. The van der Waals surface area contributed by atoms with Gasteiger partial charge in [-0.05, 0) is 31.9 Å². The van der Waals surface area contributed by atoms with Gasteiger partial charge in [0.2, 0.25) is 0 Å². The topological polar surface area (TPSA) is 58.6 Å². The number of amides is 1. The first-order valence-electron chi connectivity index (χ1n) is 6.85. The number of carbonyl (C=O) groups excluding carboxylic acids is 1. The van der Waals surface area contributed by atoms with Crippen molar-refractivity contribution in [1.82, 2.24) is 5.32 Å². The summed E-state index contributed by atoms with van der Waals surface area (Å²) in [4.78, 5) is 13.6. The summed E-state index contributed by atoms with van der Waals surface area (Å²) >= 11 is 1.38. The van der Waals surface area contributed by atoms with E-state index >= 15 is 0 Å². The first kappa shape index (κ1) is 15.0. The number of nitrogens with one attached hydrogen (secondary N) is 1. The number of hydrogen-bond acceptors (Lipinski definition) is 4. The van der Waals surface area contributed by atoms with Crippen LogP contribution in [0.2, 0.25) is 0 Å². The first-order valence-corrected chi connectivity index (χ1v) is 7.66. The summed E-state index contributed by atoms with van der Waals surface area (Å²) in [5.41, 5.74) is 0. The molecule has 1 amide bonds. The third-order valence-corrected chi connectivity index (χ3v) is 4.11. The van der Waals surface area contributed by atoms with Gasteiger partial charge in [-0.3, -0.25) is 4.79 Å². The molecule has 1 saturated carbocycles. The maximum absolute atomic E-state index is 12.0. The van der Waals surface area contributed by atoms with E-state index in [1.807, 2.05) is 13.0 Å². The van der Waals surface area contributed by atoms with Gasteiger partial charge < -0.3 is 15.2 Å². The summed E-state index contributed by atoms with van der Waals surface area (Å²) in [5.74, 6) is 5.75. The molecule has 1 fully saturated rings. The van der Waals surface area contributed by atoms with E-state index in [1.165, 1.54) is 11.3 Å². The van der Waals surface area contributed by atoms with Crippen molar-refractivity contribution in [3.8, 4) is 11.8 Å². The molecule has 1 aliphatic carbocycles. The molecular formula is C15H19NO3S. The zero-order valence-electron chi connectivity index (χ0n) is 11.5. The lowest BCUT2D eigenvalue weighted by atomic mass is 9.89. The van der Waals surface area contributed by atoms with Crippen LogP contribution in [-0.4, -0.2) is 36.4 Å². The van der Waals surface area contributed by atoms with E-state index in [9.17, 15) is 4.79 Å². The Hall–Kier alpha value is -1.35. The van der Waals surface area contributed by atoms with E-state index in [1.54, 1.807) is 6.07 Å². The van der Waals surface area contributed by atoms with Crippen molar-refractivity contribution >= 4 is 17.2 Å². The molecule has 1 heterocycles. The molecule has 0 spiro atoms. The number of thiophene rings is 1. The molecule has 0 atom stereocenters. The minimum absolute atomic E-state index is 0.0369. The zero-order valence-corrected chi connectivity index (χ0v) is 12.3. The highest BCUT2D eigenvalue weighted by Crippen LogP contribution is 2.24. The zero-order chi connectivity index (χ0) is 14.4. The Kier molecular flexibility index (Phi) is 5.60. The number of rotatable bonds is 5. The molecule has 0 aliphatic heterocycles. The van der Waals surface area contributed by atoms with Crippen molar-refractivity contribution in [2.24, 2.45) is 0 Å². The largest absolute Gasteiger partial charge is 0.395 e. The van der Waals surface area contributed by atoms with Crippen molar-refractivity contribution in [3.05, 3.63) is 21.9 Å². The first-order chi connectivity index (χ1) is 9.72. The third kappa shape index (κ3) is 4.07. The lowest BCUT2D eigenvalue weighted by Gasteiger charge is -2.35. The van der Waals surface area contributed by atoms with Crippen molar-refractivity contribution in [3.63, 3.8) is 0 Å². The second kappa shape index (κ2) is 7.44. The van der Waals surface area contributed by atoms with E-state index < -0.39 is 0 Å². The lowest BCUT2D eigenvalue weighted by Crippen LogP contribution is -2.47. The van der Waals surface area contributed by atoms with Crippen LogP contribution in [0.3, 0.4) is 0 Å². The molecule has 0 bridgehead atoms. The van der Waals surface area contributed by atoms with Crippen molar-refractivity contribution in [2.45, 2.75) is 38.3 Å². The average Bonchev–Trinajstić information content (AvgIpc) is 2.85. The van der Waals surface area contributed by atoms with Gasteiger partial charge in [0.15, 0.2) is 0 Å². The maximum atomic E-state index is 12.0. The molecule has 0 radical (unpaired) electrons. The Labute approximate surface area is 123 Å². The Bertz CT molecular complexity index is 509. The summed E-state index contributed by atoms with van der Waals surface area (Å²) in [6.07, 6.45) is 2.55. The number of ether oxygens (including phenoxy) is 1. The van der Waals surface area contributed by atoms with E-state index in [4.69, 9.17) is 9.84 Å². The summed E-state index contributed by atoms with van der Waals surface area (Å²) in [6.45, 7) is 2.78. The minimum Gasteiger partial charge on any atom is -0.395 e. The summed E-state index contributed by atoms with van der Waals surface area (Å²) in [7, 11) is 0. The Morgan fingerprint density at radius 2 is 2.35 bits per heavy atom. The van der Waals surface area contributed by atoms with Gasteiger partial charge in [-0.2, -0.15) is 0 Å². The smallest absolute Gasteiger partial charge is 0.261 e. The van der Waals surface area contributed by atoms with E-state index in [0.717, 1.165) is 24.3 Å². The molecule has 20 heavy (non-hydrogen) atoms. The predicted octanol–water partition coefficient (Wildman–Crippen LogP) is 1.78. The molecule has 2 rings (SSSR count). The molecule has 0 aromatic carbocycles. The van der Waals surface area contributed by atoms with Crippen LogP contribution in [0.25, 0.3) is 0 Å². The van der Waals surface area contributed by atoms with Crippen molar-refractivity contribution in [1.29, 1.82) is 0 Å². The van der Waals surface area contributed by atoms with Crippen LogP contribution in [0.1, 0.15) is 40.7 Å². The van der Waals surface area contributed by atoms with Gasteiger partial charge in [0.05, 0.1) is 22.5 Å². The predicted molar refractivity (Wildman–Crippen MR) is 78.8 cm³/mol.